The zero-order chi connectivity index (χ0) is 9.60. The molecule has 0 bridgehead atoms. The van der Waals surface area contributed by atoms with Crippen LogP contribution >= 0.6 is 11.3 Å². The lowest BCUT2D eigenvalue weighted by Gasteiger charge is -2.29. The van der Waals surface area contributed by atoms with E-state index in [1.54, 1.807) is 4.88 Å². The molecule has 0 amide bonds. The van der Waals surface area contributed by atoms with Gasteiger partial charge in [0, 0.05) is 17.3 Å². The average Bonchev–Trinajstić information content (AvgIpc) is 2.78. The number of nitrogens with one attached hydrogen (secondary N) is 1. The summed E-state index contributed by atoms with van der Waals surface area (Å²) in [6, 6.07) is 2.26. The lowest BCUT2D eigenvalue weighted by molar-refractivity contribution is 0.00770. The molecule has 76 valence electrons. The van der Waals surface area contributed by atoms with Gasteiger partial charge < -0.3 is 10.1 Å². The molecule has 0 radical (unpaired) electrons. The summed E-state index contributed by atoms with van der Waals surface area (Å²) in [5.74, 6) is 0.571. The number of fused-ring (bicyclic) bond motifs is 2. The molecular formula is C11H15NOS. The highest BCUT2D eigenvalue weighted by Crippen LogP contribution is 2.55. The quantitative estimate of drug-likeness (QED) is 0.805. The third-order valence-corrected chi connectivity index (χ3v) is 4.35. The monoisotopic (exact) mass is 209 g/mol. The molecule has 1 saturated carbocycles. The highest BCUT2D eigenvalue weighted by Gasteiger charge is 2.50. The van der Waals surface area contributed by atoms with E-state index in [2.05, 4.69) is 16.8 Å². The van der Waals surface area contributed by atoms with Crippen LogP contribution in [0.4, 0.5) is 0 Å². The van der Waals surface area contributed by atoms with Gasteiger partial charge in [-0.1, -0.05) is 0 Å². The Bertz CT molecular complexity index is 343. The van der Waals surface area contributed by atoms with E-state index in [1.165, 1.54) is 18.4 Å². The molecule has 1 fully saturated rings. The molecule has 2 heterocycles. The topological polar surface area (TPSA) is 21.3 Å². The number of thiophene rings is 1. The lowest BCUT2D eigenvalue weighted by Crippen LogP contribution is -2.29. The molecule has 0 saturated heterocycles. The van der Waals surface area contributed by atoms with Crippen molar-refractivity contribution in [3.8, 4) is 0 Å². The Kier molecular flexibility index (Phi) is 1.94. The molecule has 1 aromatic heterocycles. The molecule has 1 aliphatic heterocycles. The molecule has 2 nitrogen and oxygen atoms in total. The summed E-state index contributed by atoms with van der Waals surface area (Å²) in [5.41, 5.74) is 1.63. The number of hydrogen-bond donors (Lipinski definition) is 1. The maximum Gasteiger partial charge on any atom is 0.0944 e. The molecule has 0 unspecified atom stereocenters. The maximum atomic E-state index is 5.99. The summed E-state index contributed by atoms with van der Waals surface area (Å²) >= 11 is 1.90. The SMILES string of the molecule is CNC[C@@H]1COC2(CC2)c2ccsc21. The number of rotatable bonds is 2. The molecule has 1 atom stereocenters. The normalized spacial score (nSPS) is 27.6. The third-order valence-electron chi connectivity index (χ3n) is 3.27. The first kappa shape index (κ1) is 8.89. The fourth-order valence-corrected chi connectivity index (χ4v) is 3.43. The minimum Gasteiger partial charge on any atom is -0.370 e. The van der Waals surface area contributed by atoms with E-state index in [0.29, 0.717) is 5.92 Å². The Hall–Kier alpha value is -0.380. The van der Waals surface area contributed by atoms with Crippen LogP contribution in [0.1, 0.15) is 29.2 Å². The first-order valence-corrected chi connectivity index (χ1v) is 6.10. The summed E-state index contributed by atoms with van der Waals surface area (Å²) in [7, 11) is 2.01. The van der Waals surface area contributed by atoms with Crippen LogP contribution in [0.3, 0.4) is 0 Å². The van der Waals surface area contributed by atoms with Crippen molar-refractivity contribution in [2.45, 2.75) is 24.4 Å². The van der Waals surface area contributed by atoms with E-state index >= 15 is 0 Å². The Morgan fingerprint density at radius 2 is 2.50 bits per heavy atom. The van der Waals surface area contributed by atoms with E-state index in [1.807, 2.05) is 18.4 Å². The van der Waals surface area contributed by atoms with Crippen LogP contribution < -0.4 is 5.32 Å². The summed E-state index contributed by atoms with van der Waals surface area (Å²) in [5, 5.41) is 5.45. The first-order valence-electron chi connectivity index (χ1n) is 5.22. The van der Waals surface area contributed by atoms with Gasteiger partial charge >= 0.3 is 0 Å². The van der Waals surface area contributed by atoms with Crippen molar-refractivity contribution in [1.29, 1.82) is 0 Å². The highest BCUT2D eigenvalue weighted by molar-refractivity contribution is 7.10. The molecule has 14 heavy (non-hydrogen) atoms. The fourth-order valence-electron chi connectivity index (χ4n) is 2.35. The molecule has 0 aromatic carbocycles. The summed E-state index contributed by atoms with van der Waals surface area (Å²) < 4.78 is 5.99. The van der Waals surface area contributed by atoms with Crippen molar-refractivity contribution in [2.24, 2.45) is 0 Å². The summed E-state index contributed by atoms with van der Waals surface area (Å²) in [6.07, 6.45) is 2.45. The number of likely N-dealkylation sites (N-methyl/N-ethyl adjacent to an activating group) is 1. The largest absolute Gasteiger partial charge is 0.370 e. The third kappa shape index (κ3) is 1.16. The van der Waals surface area contributed by atoms with Crippen molar-refractivity contribution >= 4 is 11.3 Å². The van der Waals surface area contributed by atoms with Gasteiger partial charge in [-0.05, 0) is 36.9 Å². The van der Waals surface area contributed by atoms with Gasteiger partial charge in [-0.25, -0.2) is 0 Å². The smallest absolute Gasteiger partial charge is 0.0944 e. The molecule has 1 aromatic rings. The van der Waals surface area contributed by atoms with Gasteiger partial charge in [0.1, 0.15) is 0 Å². The molecule has 1 N–H and O–H groups in total. The van der Waals surface area contributed by atoms with Crippen LogP contribution in [-0.2, 0) is 10.3 Å². The van der Waals surface area contributed by atoms with E-state index in [4.69, 9.17) is 4.74 Å². The molecule has 3 rings (SSSR count). The van der Waals surface area contributed by atoms with Crippen LogP contribution in [-0.4, -0.2) is 20.2 Å². The standard InChI is InChI=1S/C11H15NOS/c1-12-6-8-7-13-11(3-4-11)9-2-5-14-10(8)9/h2,5,8,12H,3-4,6-7H2,1H3/t8-/m1/s1. The van der Waals surface area contributed by atoms with Crippen LogP contribution in [0.25, 0.3) is 0 Å². The van der Waals surface area contributed by atoms with E-state index in [-0.39, 0.29) is 5.60 Å². The van der Waals surface area contributed by atoms with Crippen LogP contribution in [0.5, 0.6) is 0 Å². The molecule has 3 heteroatoms. The second-order valence-corrected chi connectivity index (χ2v) is 5.21. The number of hydrogen-bond acceptors (Lipinski definition) is 3. The minimum absolute atomic E-state index is 0.152. The van der Waals surface area contributed by atoms with Crippen molar-refractivity contribution < 1.29 is 4.74 Å². The average molecular weight is 209 g/mol. The van der Waals surface area contributed by atoms with Crippen LogP contribution in [0, 0.1) is 0 Å². The van der Waals surface area contributed by atoms with Gasteiger partial charge in [-0.2, -0.15) is 0 Å². The van der Waals surface area contributed by atoms with Gasteiger partial charge in [-0.3, -0.25) is 0 Å². The van der Waals surface area contributed by atoms with Crippen molar-refractivity contribution in [1.82, 2.24) is 5.32 Å². The Balaban J connectivity index is 1.96. The van der Waals surface area contributed by atoms with Gasteiger partial charge in [0.25, 0.3) is 0 Å². The molecular weight excluding hydrogens is 194 g/mol. The number of ether oxygens (including phenoxy) is 1. The van der Waals surface area contributed by atoms with Crippen molar-refractivity contribution in [2.75, 3.05) is 20.2 Å². The Labute approximate surface area is 88.3 Å². The molecule has 2 aliphatic rings. The van der Waals surface area contributed by atoms with Gasteiger partial charge in [0.2, 0.25) is 0 Å². The van der Waals surface area contributed by atoms with Crippen molar-refractivity contribution in [3.63, 3.8) is 0 Å². The fraction of sp³-hybridized carbons (Fsp3) is 0.636. The second-order valence-electron chi connectivity index (χ2n) is 4.26. The van der Waals surface area contributed by atoms with Crippen molar-refractivity contribution in [3.05, 3.63) is 21.9 Å². The Morgan fingerprint density at radius 3 is 3.21 bits per heavy atom. The second kappa shape index (κ2) is 3.05. The first-order chi connectivity index (χ1) is 6.86. The molecule has 1 aliphatic carbocycles. The van der Waals surface area contributed by atoms with E-state index in [9.17, 15) is 0 Å². The van der Waals surface area contributed by atoms with Gasteiger partial charge in [-0.15, -0.1) is 11.3 Å². The maximum absolute atomic E-state index is 5.99. The highest BCUT2D eigenvalue weighted by atomic mass is 32.1. The minimum atomic E-state index is 0.152. The zero-order valence-electron chi connectivity index (χ0n) is 8.38. The van der Waals surface area contributed by atoms with E-state index in [0.717, 1.165) is 13.2 Å². The zero-order valence-corrected chi connectivity index (χ0v) is 9.19. The van der Waals surface area contributed by atoms with Gasteiger partial charge in [0.05, 0.1) is 12.2 Å². The van der Waals surface area contributed by atoms with E-state index < -0.39 is 0 Å². The molecule has 1 spiro atoms. The summed E-state index contributed by atoms with van der Waals surface area (Å²) in [6.45, 7) is 1.93. The Morgan fingerprint density at radius 1 is 1.64 bits per heavy atom. The van der Waals surface area contributed by atoms with Crippen LogP contribution in [0.2, 0.25) is 0 Å². The predicted molar refractivity (Wildman–Crippen MR) is 57.9 cm³/mol. The van der Waals surface area contributed by atoms with Gasteiger partial charge in [0.15, 0.2) is 0 Å². The predicted octanol–water partition coefficient (Wildman–Crippen LogP) is 2.07. The van der Waals surface area contributed by atoms with Crippen LogP contribution in [0.15, 0.2) is 11.4 Å². The summed E-state index contributed by atoms with van der Waals surface area (Å²) in [4.78, 5) is 1.56. The lowest BCUT2D eigenvalue weighted by atomic mass is 9.97.